The number of fused-ring (bicyclic) bond motifs is 9. The van der Waals surface area contributed by atoms with Crippen molar-refractivity contribution in [2.24, 2.45) is 58.2 Å². The number of carbonyl (C=O) groups is 2. The lowest BCUT2D eigenvalue weighted by Crippen LogP contribution is -2.58. The van der Waals surface area contributed by atoms with E-state index < -0.39 is 33.9 Å². The maximum absolute atomic E-state index is 14.5. The number of esters is 2. The number of nitro groups is 1. The molecule has 11 rings (SSSR count). The van der Waals surface area contributed by atoms with Crippen LogP contribution < -0.4 is 40.9 Å². The Kier molecular flexibility index (Phi) is 12.4. The molecule has 0 aromatic heterocycles. The molecule has 15 nitrogen and oxygen atoms in total. The molecule has 4 aromatic rings. The van der Waals surface area contributed by atoms with Crippen LogP contribution in [0.5, 0.6) is 17.2 Å². The van der Waals surface area contributed by atoms with Gasteiger partial charge in [-0.15, -0.1) is 0 Å². The van der Waals surface area contributed by atoms with Crippen LogP contribution in [0.2, 0.25) is 0 Å². The fraction of sp³-hybridized carbons (Fsp3) is 0.424. The van der Waals surface area contributed by atoms with Crippen LogP contribution in [0.15, 0.2) is 114 Å². The molecule has 6 N–H and O–H groups in total. The molecule has 4 fully saturated rings. The molecule has 4 bridgehead atoms. The summed E-state index contributed by atoms with van der Waals surface area (Å²) in [6.07, 6.45) is 10.0. The van der Waals surface area contributed by atoms with Crippen molar-refractivity contribution in [2.75, 3.05) is 11.9 Å². The van der Waals surface area contributed by atoms with Crippen LogP contribution in [0.4, 0.5) is 11.4 Å². The first-order valence-corrected chi connectivity index (χ1v) is 26.2. The van der Waals surface area contributed by atoms with E-state index in [0.717, 1.165) is 70.7 Å². The first-order valence-electron chi connectivity index (χ1n) is 26.2. The van der Waals surface area contributed by atoms with Crippen LogP contribution in [0.1, 0.15) is 101 Å². The molecular weight excluding hydrogens is 933 g/mol. The highest BCUT2D eigenvalue weighted by Crippen LogP contribution is 2.60. The Balaban J connectivity index is 0.783. The van der Waals surface area contributed by atoms with E-state index in [2.05, 4.69) is 80.2 Å². The van der Waals surface area contributed by atoms with Gasteiger partial charge in [-0.1, -0.05) is 76.2 Å². The zero-order valence-corrected chi connectivity index (χ0v) is 43.1. The summed E-state index contributed by atoms with van der Waals surface area (Å²) >= 11 is 0. The Hall–Kier alpha value is -7.10. The van der Waals surface area contributed by atoms with Gasteiger partial charge in [-0.3, -0.25) is 25.1 Å². The van der Waals surface area contributed by atoms with E-state index in [4.69, 9.17) is 25.0 Å². The van der Waals surface area contributed by atoms with Crippen molar-refractivity contribution in [1.29, 1.82) is 5.41 Å². The molecule has 4 aromatic carbocycles. The smallest absolute Gasteiger partial charge is 0.315 e. The van der Waals surface area contributed by atoms with Gasteiger partial charge in [0, 0.05) is 73.3 Å². The van der Waals surface area contributed by atoms with E-state index >= 15 is 0 Å². The largest absolute Gasteiger partial charge is 0.459 e. The number of hydrazone groups is 1. The molecule has 8 unspecified atom stereocenters. The molecule has 74 heavy (non-hydrogen) atoms. The van der Waals surface area contributed by atoms with Crippen molar-refractivity contribution in [2.45, 2.75) is 104 Å². The second kappa shape index (κ2) is 18.7. The summed E-state index contributed by atoms with van der Waals surface area (Å²) in [4.78, 5) is 42.4. The molecule has 9 atom stereocenters. The first kappa shape index (κ1) is 49.1. The quantitative estimate of drug-likeness (QED) is 0.0264. The lowest BCUT2D eigenvalue weighted by Gasteiger charge is -2.46. The zero-order chi connectivity index (χ0) is 52.0. The number of nitrogens with one attached hydrogen (secondary N) is 4. The predicted molar refractivity (Wildman–Crippen MR) is 285 cm³/mol. The number of nitrogens with zero attached hydrogens (tertiary/aromatic N) is 3. The van der Waals surface area contributed by atoms with Gasteiger partial charge in [-0.05, 0) is 139 Å². The molecule has 0 radical (unpaired) electrons. The number of hydrogen-bond donors (Lipinski definition) is 5. The number of nitrogens with two attached hydrogens (primary N) is 1. The Morgan fingerprint density at radius 2 is 1.55 bits per heavy atom. The molecule has 0 saturated heterocycles. The Morgan fingerprint density at radius 1 is 0.905 bits per heavy atom. The maximum Gasteiger partial charge on any atom is 0.315 e. The molecule has 0 amide bonds. The average molecular weight is 999 g/mol. The van der Waals surface area contributed by atoms with Gasteiger partial charge in [0.25, 0.3) is 5.69 Å². The van der Waals surface area contributed by atoms with Crippen LogP contribution in [0.3, 0.4) is 0 Å². The number of hydrogen-bond acceptors (Lipinski definition) is 14. The van der Waals surface area contributed by atoms with Gasteiger partial charge in [-0.25, -0.2) is 0 Å². The van der Waals surface area contributed by atoms with Crippen molar-refractivity contribution in [3.05, 3.63) is 152 Å². The first-order chi connectivity index (χ1) is 35.5. The lowest BCUT2D eigenvalue weighted by molar-refractivity contribution is -0.385. The summed E-state index contributed by atoms with van der Waals surface area (Å²) < 4.78 is 19.6. The SMILES string of the molecule is CC(C)NCc1ccc(C(=N)C2/C(=C\N)C3CC2CC3C(=O)Oc2ccc3c(c2)C(C)(C)[C@]2(C=Cc4cc([N+](=O)[O-])cc(OC(=O)C5CC6CC5C5=CNN=C(c7ccc(CNC(C)C)cc7)C56)c4O2)N3C)cc1. The van der Waals surface area contributed by atoms with Crippen LogP contribution >= 0.6 is 0 Å². The molecule has 4 saturated carbocycles. The van der Waals surface area contributed by atoms with Gasteiger partial charge in [-0.2, -0.15) is 5.10 Å². The topological polar surface area (TPSA) is 207 Å². The molecule has 1 spiro atoms. The lowest BCUT2D eigenvalue weighted by atomic mass is 9.74. The highest BCUT2D eigenvalue weighted by Gasteiger charge is 2.60. The Bertz CT molecular complexity index is 3090. The second-order valence-electron chi connectivity index (χ2n) is 22.6. The number of carbonyl (C=O) groups excluding carboxylic acids is 2. The summed E-state index contributed by atoms with van der Waals surface area (Å²) in [5.41, 5.74) is 17.2. The fourth-order valence-corrected chi connectivity index (χ4v) is 13.5. The number of ether oxygens (including phenoxy) is 3. The summed E-state index contributed by atoms with van der Waals surface area (Å²) in [7, 11) is 1.92. The van der Waals surface area contributed by atoms with Crippen LogP contribution in [0.25, 0.3) is 6.08 Å². The van der Waals surface area contributed by atoms with Crippen molar-refractivity contribution < 1.29 is 28.7 Å². The number of non-ortho nitro benzene ring substituents is 1. The van der Waals surface area contributed by atoms with Crippen molar-refractivity contribution in [3.63, 3.8) is 0 Å². The van der Waals surface area contributed by atoms with Gasteiger partial charge >= 0.3 is 11.9 Å². The molecule has 15 heteroatoms. The number of likely N-dealkylation sites (N-methyl/N-ethyl adjacent to an activating group) is 1. The number of allylic oxidation sites excluding steroid dienone is 2. The number of rotatable bonds is 14. The van der Waals surface area contributed by atoms with Gasteiger partial charge in [0.15, 0.2) is 11.5 Å². The van der Waals surface area contributed by atoms with E-state index in [9.17, 15) is 25.1 Å². The van der Waals surface area contributed by atoms with Gasteiger partial charge in [0.05, 0.1) is 34.0 Å². The predicted octanol–water partition coefficient (Wildman–Crippen LogP) is 9.28. The maximum atomic E-state index is 14.5. The third kappa shape index (κ3) is 8.19. The minimum absolute atomic E-state index is 0.0104. The molecule has 7 aliphatic rings. The Morgan fingerprint density at radius 3 is 2.23 bits per heavy atom. The molecule has 4 aliphatic carbocycles. The minimum Gasteiger partial charge on any atom is -0.459 e. The monoisotopic (exact) mass is 999 g/mol. The fourth-order valence-electron chi connectivity index (χ4n) is 13.5. The molecular formula is C59H66N8O7. The van der Waals surface area contributed by atoms with Crippen molar-refractivity contribution in [1.82, 2.24) is 16.1 Å². The van der Waals surface area contributed by atoms with Crippen LogP contribution in [-0.2, 0) is 28.1 Å². The zero-order valence-electron chi connectivity index (χ0n) is 43.1. The van der Waals surface area contributed by atoms with Crippen molar-refractivity contribution in [3.8, 4) is 17.2 Å². The van der Waals surface area contributed by atoms with E-state index in [1.807, 2.05) is 62.3 Å². The standard InChI is InChI=1S/C59H66N8O7/c1-31(2)62-28-33-8-12-35(13-9-33)53(61)51-38-21-42(46(51)27-60)44(23-38)56(68)72-41-16-17-49-48(26-41)58(5,6)59(66(49)7)19-18-37-20-40(67(70)71)25-50(55(37)74-59)73-57(69)45-24-39-22-43(45)47-30-64-65-54(52(39)47)36-14-10-34(11-15-36)29-63-32(3)4/h8-20,25-27,30-32,38-39,42-45,51-52,61-64H,21-24,28-29,60H2,1-7H3/b46-27-,61-53?/t38?,39?,42?,43?,44?,45?,51?,52?,59-/m1/s1. The number of anilines is 1. The van der Waals surface area contributed by atoms with E-state index in [1.165, 1.54) is 17.7 Å². The Labute approximate surface area is 432 Å². The van der Waals surface area contributed by atoms with Crippen LogP contribution in [0, 0.1) is 62.9 Å². The summed E-state index contributed by atoms with van der Waals surface area (Å²) in [5.74, 6) is -1.01. The van der Waals surface area contributed by atoms with Gasteiger partial charge < -0.3 is 40.9 Å². The number of benzene rings is 4. The average Bonchev–Trinajstić information content (AvgIpc) is 4.22. The van der Waals surface area contributed by atoms with E-state index in [1.54, 1.807) is 18.3 Å². The molecule has 384 valence electrons. The van der Waals surface area contributed by atoms with E-state index in [0.29, 0.717) is 41.9 Å². The normalized spacial score (nSPS) is 27.9. The minimum atomic E-state index is -1.17. The highest BCUT2D eigenvalue weighted by atomic mass is 16.6. The third-order valence-corrected chi connectivity index (χ3v) is 17.3. The van der Waals surface area contributed by atoms with Gasteiger partial charge in [0.1, 0.15) is 5.75 Å². The summed E-state index contributed by atoms with van der Waals surface area (Å²) in [5, 5.41) is 33.2. The second-order valence-corrected chi connectivity index (χ2v) is 22.6. The van der Waals surface area contributed by atoms with Gasteiger partial charge in [0.2, 0.25) is 5.72 Å². The summed E-state index contributed by atoms with van der Waals surface area (Å²) in [6.45, 7) is 14.1. The summed E-state index contributed by atoms with van der Waals surface area (Å²) in [6, 6.07) is 25.7. The van der Waals surface area contributed by atoms with E-state index in [-0.39, 0.29) is 58.7 Å². The van der Waals surface area contributed by atoms with Crippen molar-refractivity contribution >= 4 is 40.8 Å². The highest BCUT2D eigenvalue weighted by molar-refractivity contribution is 6.05. The third-order valence-electron chi connectivity index (χ3n) is 17.3. The number of nitro benzene ring substituents is 1. The van der Waals surface area contributed by atoms with Crippen LogP contribution in [-0.4, -0.2) is 53.1 Å². The molecule has 3 heterocycles. The molecule has 3 aliphatic heterocycles.